The van der Waals surface area contributed by atoms with E-state index >= 15 is 0 Å². The summed E-state index contributed by atoms with van der Waals surface area (Å²) in [7, 11) is 0. The van der Waals surface area contributed by atoms with Crippen LogP contribution in [0.5, 0.6) is 0 Å². The van der Waals surface area contributed by atoms with Crippen LogP contribution in [-0.4, -0.2) is 15.5 Å². The van der Waals surface area contributed by atoms with Gasteiger partial charge in [-0.05, 0) is 48.9 Å². The Morgan fingerprint density at radius 3 is 2.52 bits per heavy atom. The predicted octanol–water partition coefficient (Wildman–Crippen LogP) is 3.42. The minimum absolute atomic E-state index is 0.186. The molecule has 0 aliphatic rings. The SMILES string of the molecule is C[C@@H](NC(=O)c1ccc(=O)n(-c2ccncc2)c1)c1cc(N)cc(C(C)(F)F)c1. The second-order valence-corrected chi connectivity index (χ2v) is 6.80. The summed E-state index contributed by atoms with van der Waals surface area (Å²) in [5, 5.41) is 2.75. The highest BCUT2D eigenvalue weighted by atomic mass is 19.3. The summed E-state index contributed by atoms with van der Waals surface area (Å²) in [5.41, 5.74) is 6.68. The van der Waals surface area contributed by atoms with Crippen molar-refractivity contribution in [3.63, 3.8) is 0 Å². The number of nitrogens with one attached hydrogen (secondary N) is 1. The topological polar surface area (TPSA) is 90.0 Å². The van der Waals surface area contributed by atoms with Gasteiger partial charge in [0, 0.05) is 42.8 Å². The molecule has 29 heavy (non-hydrogen) atoms. The maximum absolute atomic E-state index is 13.7. The van der Waals surface area contributed by atoms with Gasteiger partial charge in [-0.2, -0.15) is 0 Å². The van der Waals surface area contributed by atoms with E-state index in [4.69, 9.17) is 5.73 Å². The van der Waals surface area contributed by atoms with E-state index in [1.165, 1.54) is 53.5 Å². The Labute approximate surface area is 166 Å². The zero-order valence-electron chi connectivity index (χ0n) is 15.9. The van der Waals surface area contributed by atoms with Gasteiger partial charge in [0.2, 0.25) is 0 Å². The van der Waals surface area contributed by atoms with Crippen LogP contribution in [0, 0.1) is 0 Å². The first-order valence-corrected chi connectivity index (χ1v) is 8.88. The highest BCUT2D eigenvalue weighted by Crippen LogP contribution is 2.31. The molecule has 0 spiro atoms. The van der Waals surface area contributed by atoms with Crippen LogP contribution in [0.3, 0.4) is 0 Å². The van der Waals surface area contributed by atoms with Crippen molar-refractivity contribution in [2.75, 3.05) is 5.73 Å². The molecule has 0 saturated carbocycles. The van der Waals surface area contributed by atoms with Gasteiger partial charge < -0.3 is 11.1 Å². The molecule has 1 amide bonds. The molecule has 3 rings (SSSR count). The Kier molecular flexibility index (Phi) is 5.45. The number of nitrogens with two attached hydrogens (primary N) is 1. The van der Waals surface area contributed by atoms with Crippen LogP contribution in [0.2, 0.25) is 0 Å². The Bertz CT molecular complexity index is 1090. The molecular formula is C21H20F2N4O2. The predicted molar refractivity (Wildman–Crippen MR) is 106 cm³/mol. The summed E-state index contributed by atoms with van der Waals surface area (Å²) >= 11 is 0. The van der Waals surface area contributed by atoms with Crippen LogP contribution < -0.4 is 16.6 Å². The zero-order chi connectivity index (χ0) is 21.2. The molecule has 1 aromatic carbocycles. The van der Waals surface area contributed by atoms with E-state index in [9.17, 15) is 18.4 Å². The van der Waals surface area contributed by atoms with Crippen LogP contribution in [0.15, 0.2) is 65.8 Å². The molecule has 150 valence electrons. The van der Waals surface area contributed by atoms with Crippen LogP contribution in [0.4, 0.5) is 14.5 Å². The quantitative estimate of drug-likeness (QED) is 0.645. The number of carbonyl (C=O) groups is 1. The van der Waals surface area contributed by atoms with Crippen molar-refractivity contribution in [3.8, 4) is 5.69 Å². The molecule has 3 aromatic rings. The summed E-state index contributed by atoms with van der Waals surface area (Å²) in [6.45, 7) is 2.46. The zero-order valence-corrected chi connectivity index (χ0v) is 15.9. The Balaban J connectivity index is 1.86. The van der Waals surface area contributed by atoms with Gasteiger partial charge in [0.1, 0.15) is 0 Å². The molecule has 0 radical (unpaired) electrons. The lowest BCUT2D eigenvalue weighted by atomic mass is 10.0. The molecule has 0 aliphatic heterocycles. The number of anilines is 1. The number of amides is 1. The van der Waals surface area contributed by atoms with E-state index in [0.717, 1.165) is 6.92 Å². The van der Waals surface area contributed by atoms with Crippen LogP contribution in [0.25, 0.3) is 5.69 Å². The number of nitrogens with zero attached hydrogens (tertiary/aromatic N) is 2. The van der Waals surface area contributed by atoms with Crippen LogP contribution in [0.1, 0.15) is 41.4 Å². The average molecular weight is 398 g/mol. The highest BCUT2D eigenvalue weighted by Gasteiger charge is 2.26. The van der Waals surface area contributed by atoms with Crippen molar-refractivity contribution < 1.29 is 13.6 Å². The van der Waals surface area contributed by atoms with E-state index < -0.39 is 17.9 Å². The standard InChI is InChI=1S/C21H20F2N4O2/c1-13(15-9-16(21(2,22)23)11-17(24)10-15)26-20(29)14-3-4-19(28)27(12-14)18-5-7-25-8-6-18/h3-13H,24H2,1-2H3,(H,26,29)/t13-/m1/s1. The molecule has 2 aromatic heterocycles. The normalized spacial score (nSPS) is 12.4. The third-order valence-electron chi connectivity index (χ3n) is 4.45. The number of nitrogen functional groups attached to an aromatic ring is 1. The molecule has 0 aliphatic carbocycles. The van der Waals surface area contributed by atoms with Gasteiger partial charge in [0.25, 0.3) is 17.4 Å². The molecular weight excluding hydrogens is 378 g/mol. The van der Waals surface area contributed by atoms with E-state index in [1.807, 2.05) is 0 Å². The van der Waals surface area contributed by atoms with Crippen LogP contribution >= 0.6 is 0 Å². The fourth-order valence-corrected chi connectivity index (χ4v) is 2.87. The number of rotatable bonds is 5. The van der Waals surface area contributed by atoms with Gasteiger partial charge >= 0.3 is 0 Å². The maximum atomic E-state index is 13.7. The molecule has 1 atom stereocenters. The van der Waals surface area contributed by atoms with Crippen molar-refractivity contribution in [3.05, 3.63) is 88.1 Å². The summed E-state index contributed by atoms with van der Waals surface area (Å²) in [5.74, 6) is -3.50. The maximum Gasteiger partial charge on any atom is 0.270 e. The molecule has 0 saturated heterocycles. The largest absolute Gasteiger partial charge is 0.399 e. The van der Waals surface area contributed by atoms with Crippen molar-refractivity contribution in [2.45, 2.75) is 25.8 Å². The lowest BCUT2D eigenvalue weighted by Gasteiger charge is -2.19. The summed E-state index contributed by atoms with van der Waals surface area (Å²) < 4.78 is 28.7. The first-order chi connectivity index (χ1) is 13.6. The fourth-order valence-electron chi connectivity index (χ4n) is 2.87. The number of aromatic nitrogens is 2. The second kappa shape index (κ2) is 7.83. The number of carbonyl (C=O) groups excluding carboxylic acids is 1. The van der Waals surface area contributed by atoms with Gasteiger partial charge in [0.15, 0.2) is 0 Å². The number of halogens is 2. The second-order valence-electron chi connectivity index (χ2n) is 6.80. The average Bonchev–Trinajstić information content (AvgIpc) is 2.67. The third-order valence-corrected chi connectivity index (χ3v) is 4.45. The molecule has 6 nitrogen and oxygen atoms in total. The Morgan fingerprint density at radius 2 is 1.86 bits per heavy atom. The fraction of sp³-hybridized carbons (Fsp3) is 0.190. The minimum atomic E-state index is -3.05. The van der Waals surface area contributed by atoms with Gasteiger partial charge in [-0.25, -0.2) is 8.78 Å². The van der Waals surface area contributed by atoms with Gasteiger partial charge in [0.05, 0.1) is 17.3 Å². The number of hydrogen-bond acceptors (Lipinski definition) is 4. The third kappa shape index (κ3) is 4.66. The monoisotopic (exact) mass is 398 g/mol. The van der Waals surface area contributed by atoms with Crippen molar-refractivity contribution in [2.24, 2.45) is 0 Å². The Hall–Kier alpha value is -3.55. The van der Waals surface area contributed by atoms with Gasteiger partial charge in [-0.15, -0.1) is 0 Å². The molecule has 2 heterocycles. The van der Waals surface area contributed by atoms with Gasteiger partial charge in [-0.1, -0.05) is 0 Å². The van der Waals surface area contributed by atoms with E-state index in [-0.39, 0.29) is 22.4 Å². The molecule has 8 heteroatoms. The van der Waals surface area contributed by atoms with Gasteiger partial charge in [-0.3, -0.25) is 19.1 Å². The first-order valence-electron chi connectivity index (χ1n) is 8.88. The summed E-state index contributed by atoms with van der Waals surface area (Å²) in [4.78, 5) is 28.7. The first kappa shape index (κ1) is 20.2. The van der Waals surface area contributed by atoms with Crippen molar-refractivity contribution >= 4 is 11.6 Å². The van der Waals surface area contributed by atoms with Crippen molar-refractivity contribution in [1.82, 2.24) is 14.9 Å². The number of pyridine rings is 2. The lowest BCUT2D eigenvalue weighted by molar-refractivity contribution is 0.0174. The smallest absolute Gasteiger partial charge is 0.270 e. The molecule has 0 fully saturated rings. The van der Waals surface area contributed by atoms with Crippen LogP contribution in [-0.2, 0) is 5.92 Å². The molecule has 0 unspecified atom stereocenters. The summed E-state index contributed by atoms with van der Waals surface area (Å²) in [6.07, 6.45) is 4.50. The van der Waals surface area contributed by atoms with E-state index in [2.05, 4.69) is 10.3 Å². The Morgan fingerprint density at radius 1 is 1.17 bits per heavy atom. The number of benzene rings is 1. The highest BCUT2D eigenvalue weighted by molar-refractivity contribution is 5.94. The summed E-state index contributed by atoms with van der Waals surface area (Å²) in [6, 6.07) is 9.48. The molecule has 0 bridgehead atoms. The number of alkyl halides is 2. The molecule has 3 N–H and O–H groups in total. The van der Waals surface area contributed by atoms with E-state index in [1.54, 1.807) is 19.1 Å². The lowest BCUT2D eigenvalue weighted by Crippen LogP contribution is -2.28. The minimum Gasteiger partial charge on any atom is -0.399 e. The number of hydrogen-bond donors (Lipinski definition) is 2. The van der Waals surface area contributed by atoms with E-state index in [0.29, 0.717) is 11.3 Å². The van der Waals surface area contributed by atoms with Crippen molar-refractivity contribution in [1.29, 1.82) is 0 Å².